The Labute approximate surface area is 168 Å². The van der Waals surface area contributed by atoms with E-state index >= 15 is 0 Å². The van der Waals surface area contributed by atoms with E-state index in [1.807, 2.05) is 18.2 Å². The van der Waals surface area contributed by atoms with Gasteiger partial charge in [0.15, 0.2) is 6.61 Å². The molecule has 0 atom stereocenters. The predicted octanol–water partition coefficient (Wildman–Crippen LogP) is 5.08. The Morgan fingerprint density at radius 3 is 2.56 bits per heavy atom. The van der Waals surface area contributed by atoms with Gasteiger partial charge in [-0.15, -0.1) is 0 Å². The second-order valence-corrected chi connectivity index (χ2v) is 7.23. The quantitative estimate of drug-likeness (QED) is 0.618. The molecule has 0 aliphatic carbocycles. The molecule has 0 unspecified atom stereocenters. The molecule has 27 heavy (non-hydrogen) atoms. The summed E-state index contributed by atoms with van der Waals surface area (Å²) >= 11 is 3.48. The van der Waals surface area contributed by atoms with E-state index in [0.29, 0.717) is 35.1 Å². The average Bonchev–Trinajstić information content (AvgIpc) is 2.62. The maximum atomic E-state index is 12.3. The lowest BCUT2D eigenvalue weighted by atomic mass is 10.0. The first kappa shape index (κ1) is 21.0. The molecule has 0 saturated carbocycles. The first-order chi connectivity index (χ1) is 12.8. The van der Waals surface area contributed by atoms with Crippen LogP contribution in [0.3, 0.4) is 0 Å². The van der Waals surface area contributed by atoms with Crippen LogP contribution in [0.5, 0.6) is 5.75 Å². The first-order valence-electron chi connectivity index (χ1n) is 8.82. The third kappa shape index (κ3) is 5.57. The van der Waals surface area contributed by atoms with Crippen LogP contribution in [0.15, 0.2) is 40.9 Å². The van der Waals surface area contributed by atoms with Crippen LogP contribution >= 0.6 is 15.9 Å². The number of carbonyl (C=O) groups is 2. The minimum absolute atomic E-state index is 0.136. The Morgan fingerprint density at radius 2 is 1.93 bits per heavy atom. The van der Waals surface area contributed by atoms with Crippen molar-refractivity contribution < 1.29 is 19.1 Å². The fourth-order valence-electron chi connectivity index (χ4n) is 2.52. The zero-order valence-corrected chi connectivity index (χ0v) is 17.6. The Kier molecular flexibility index (Phi) is 7.42. The van der Waals surface area contributed by atoms with E-state index < -0.39 is 5.97 Å². The molecule has 0 saturated heterocycles. The van der Waals surface area contributed by atoms with Gasteiger partial charge in [-0.05, 0) is 71.1 Å². The third-order valence-corrected chi connectivity index (χ3v) is 4.70. The highest BCUT2D eigenvalue weighted by molar-refractivity contribution is 9.10. The van der Waals surface area contributed by atoms with Crippen LogP contribution in [0.4, 0.5) is 5.69 Å². The molecule has 6 heteroatoms. The topological polar surface area (TPSA) is 64.6 Å². The number of halogens is 1. The van der Waals surface area contributed by atoms with Crippen LogP contribution in [0.2, 0.25) is 0 Å². The molecule has 0 fully saturated rings. The number of ether oxygens (including phenoxy) is 2. The SMILES string of the molecule is CCOC(=O)c1cccc(NC(=O)COc2ccc(C(C)C)cc2Br)c1C. The van der Waals surface area contributed by atoms with Crippen molar-refractivity contribution in [1.82, 2.24) is 0 Å². The number of hydrogen-bond donors (Lipinski definition) is 1. The molecular formula is C21H24BrNO4. The normalized spacial score (nSPS) is 10.6. The Morgan fingerprint density at radius 1 is 1.19 bits per heavy atom. The second-order valence-electron chi connectivity index (χ2n) is 6.38. The maximum absolute atomic E-state index is 12.3. The second kappa shape index (κ2) is 9.55. The van der Waals surface area contributed by atoms with Crippen LogP contribution in [0.1, 0.15) is 48.2 Å². The largest absolute Gasteiger partial charge is 0.483 e. The van der Waals surface area contributed by atoms with Crippen molar-refractivity contribution >= 4 is 33.5 Å². The molecule has 144 valence electrons. The molecule has 2 aromatic carbocycles. The van der Waals surface area contributed by atoms with Gasteiger partial charge in [0.05, 0.1) is 16.6 Å². The zero-order chi connectivity index (χ0) is 20.0. The molecule has 0 radical (unpaired) electrons. The molecule has 0 aliphatic rings. The van der Waals surface area contributed by atoms with Gasteiger partial charge in [-0.1, -0.05) is 26.0 Å². The molecule has 1 amide bonds. The summed E-state index contributed by atoms with van der Waals surface area (Å²) in [5.41, 5.74) is 2.84. The Balaban J connectivity index is 2.02. The van der Waals surface area contributed by atoms with Crippen molar-refractivity contribution in [3.05, 3.63) is 57.6 Å². The molecule has 0 heterocycles. The Bertz CT molecular complexity index is 833. The molecule has 0 aliphatic heterocycles. The number of amides is 1. The zero-order valence-electron chi connectivity index (χ0n) is 16.0. The van der Waals surface area contributed by atoms with Gasteiger partial charge < -0.3 is 14.8 Å². The highest BCUT2D eigenvalue weighted by Gasteiger charge is 2.14. The average molecular weight is 434 g/mol. The molecule has 5 nitrogen and oxygen atoms in total. The number of rotatable bonds is 7. The molecule has 0 bridgehead atoms. The van der Waals surface area contributed by atoms with Gasteiger partial charge in [-0.3, -0.25) is 4.79 Å². The molecule has 2 rings (SSSR count). The summed E-state index contributed by atoms with van der Waals surface area (Å²) < 4.78 is 11.5. The van der Waals surface area contributed by atoms with Crippen LogP contribution in [0, 0.1) is 6.92 Å². The highest BCUT2D eigenvalue weighted by Crippen LogP contribution is 2.29. The summed E-state index contributed by atoms with van der Waals surface area (Å²) in [4.78, 5) is 24.2. The van der Waals surface area contributed by atoms with Crippen LogP contribution in [0.25, 0.3) is 0 Å². The van der Waals surface area contributed by atoms with E-state index in [2.05, 4.69) is 35.1 Å². The van der Waals surface area contributed by atoms with E-state index in [4.69, 9.17) is 9.47 Å². The van der Waals surface area contributed by atoms with Crippen molar-refractivity contribution in [1.29, 1.82) is 0 Å². The van der Waals surface area contributed by atoms with Gasteiger partial charge in [0.2, 0.25) is 0 Å². The molecule has 2 aromatic rings. The first-order valence-corrected chi connectivity index (χ1v) is 9.61. The molecule has 0 aromatic heterocycles. The maximum Gasteiger partial charge on any atom is 0.338 e. The van der Waals surface area contributed by atoms with Gasteiger partial charge in [0.25, 0.3) is 5.91 Å². The number of carbonyl (C=O) groups excluding carboxylic acids is 2. The van der Waals surface area contributed by atoms with E-state index in [1.54, 1.807) is 32.0 Å². The Hall–Kier alpha value is -2.34. The van der Waals surface area contributed by atoms with Gasteiger partial charge >= 0.3 is 5.97 Å². The molecule has 1 N–H and O–H groups in total. The summed E-state index contributed by atoms with van der Waals surface area (Å²) in [5.74, 6) is 0.301. The number of esters is 1. The van der Waals surface area contributed by atoms with Crippen molar-refractivity contribution in [2.75, 3.05) is 18.5 Å². The standard InChI is InChI=1S/C21H24BrNO4/c1-5-26-21(25)16-7-6-8-18(14(16)4)23-20(24)12-27-19-10-9-15(13(2)3)11-17(19)22/h6-11,13H,5,12H2,1-4H3,(H,23,24). The van der Waals surface area contributed by atoms with E-state index in [9.17, 15) is 9.59 Å². The highest BCUT2D eigenvalue weighted by atomic mass is 79.9. The van der Waals surface area contributed by atoms with Gasteiger partial charge in [0, 0.05) is 5.69 Å². The summed E-state index contributed by atoms with van der Waals surface area (Å²) in [5, 5.41) is 2.78. The van der Waals surface area contributed by atoms with Crippen molar-refractivity contribution in [2.45, 2.75) is 33.6 Å². The number of benzene rings is 2. The van der Waals surface area contributed by atoms with Crippen LogP contribution < -0.4 is 10.1 Å². The van der Waals surface area contributed by atoms with Crippen molar-refractivity contribution in [3.63, 3.8) is 0 Å². The van der Waals surface area contributed by atoms with E-state index in [-0.39, 0.29) is 12.5 Å². The van der Waals surface area contributed by atoms with E-state index in [0.717, 1.165) is 4.47 Å². The monoisotopic (exact) mass is 433 g/mol. The summed E-state index contributed by atoms with van der Waals surface area (Å²) in [6, 6.07) is 10.9. The van der Waals surface area contributed by atoms with Crippen molar-refractivity contribution in [2.24, 2.45) is 0 Å². The van der Waals surface area contributed by atoms with Crippen LogP contribution in [-0.2, 0) is 9.53 Å². The molecule has 0 spiro atoms. The fourth-order valence-corrected chi connectivity index (χ4v) is 3.03. The minimum Gasteiger partial charge on any atom is -0.483 e. The lowest BCUT2D eigenvalue weighted by Gasteiger charge is -2.13. The number of hydrogen-bond acceptors (Lipinski definition) is 4. The lowest BCUT2D eigenvalue weighted by Crippen LogP contribution is -2.21. The predicted molar refractivity (Wildman–Crippen MR) is 109 cm³/mol. The number of nitrogens with one attached hydrogen (secondary N) is 1. The fraction of sp³-hybridized carbons (Fsp3) is 0.333. The summed E-state index contributed by atoms with van der Waals surface area (Å²) in [6.07, 6.45) is 0. The number of anilines is 1. The van der Waals surface area contributed by atoms with E-state index in [1.165, 1.54) is 5.56 Å². The van der Waals surface area contributed by atoms with Gasteiger partial charge in [-0.2, -0.15) is 0 Å². The van der Waals surface area contributed by atoms with Gasteiger partial charge in [0.1, 0.15) is 5.75 Å². The smallest absolute Gasteiger partial charge is 0.338 e. The van der Waals surface area contributed by atoms with Crippen LogP contribution in [-0.4, -0.2) is 25.1 Å². The third-order valence-electron chi connectivity index (χ3n) is 4.08. The molecular weight excluding hydrogens is 410 g/mol. The lowest BCUT2D eigenvalue weighted by molar-refractivity contribution is -0.118. The van der Waals surface area contributed by atoms with Crippen molar-refractivity contribution in [3.8, 4) is 5.75 Å². The van der Waals surface area contributed by atoms with Gasteiger partial charge in [-0.25, -0.2) is 4.79 Å². The minimum atomic E-state index is -0.406. The summed E-state index contributed by atoms with van der Waals surface area (Å²) in [7, 11) is 0. The summed E-state index contributed by atoms with van der Waals surface area (Å²) in [6.45, 7) is 7.91.